The van der Waals surface area contributed by atoms with Crippen molar-refractivity contribution in [1.82, 2.24) is 0 Å². The summed E-state index contributed by atoms with van der Waals surface area (Å²) < 4.78 is 0. The second-order valence-corrected chi connectivity index (χ2v) is 8.49. The standard InChI is InChI=1S/C20H24N2O2.ClH/c1-19(2)11-16-18(17(23)12-19)15(21-24)10-20(3)14-7-5-4-6-13(14)8-9-22(16)20;/h4-7,24H,8-12H2,1-3H3;1H. The molecule has 0 radical (unpaired) electrons. The Balaban J connectivity index is 0.00000182. The number of rotatable bonds is 0. The minimum Gasteiger partial charge on any atom is -1.00 e. The highest BCUT2D eigenvalue weighted by molar-refractivity contribution is 6.23. The van der Waals surface area contributed by atoms with Gasteiger partial charge in [0.25, 0.3) is 0 Å². The van der Waals surface area contributed by atoms with Gasteiger partial charge in [-0.15, -0.1) is 0 Å². The lowest BCUT2D eigenvalue weighted by Crippen LogP contribution is -3.19. The van der Waals surface area contributed by atoms with E-state index in [0.29, 0.717) is 24.1 Å². The number of hydrogen-bond donors (Lipinski definition) is 2. The third-order valence-corrected chi connectivity index (χ3v) is 6.09. The van der Waals surface area contributed by atoms with Crippen LogP contribution in [0.15, 0.2) is 40.7 Å². The van der Waals surface area contributed by atoms with Crippen LogP contribution >= 0.6 is 0 Å². The smallest absolute Gasteiger partial charge is 0.171 e. The van der Waals surface area contributed by atoms with Gasteiger partial charge < -0.3 is 17.6 Å². The first-order valence-electron chi connectivity index (χ1n) is 8.78. The second-order valence-electron chi connectivity index (χ2n) is 8.49. The fourth-order valence-electron chi connectivity index (χ4n) is 5.08. The molecule has 1 aliphatic carbocycles. The number of ketones is 1. The molecule has 0 aromatic heterocycles. The van der Waals surface area contributed by atoms with Crippen molar-refractivity contribution in [2.75, 3.05) is 6.54 Å². The molecule has 1 aromatic carbocycles. The van der Waals surface area contributed by atoms with E-state index in [4.69, 9.17) is 0 Å². The van der Waals surface area contributed by atoms with E-state index in [9.17, 15) is 10.0 Å². The third-order valence-electron chi connectivity index (χ3n) is 6.09. The lowest BCUT2D eigenvalue weighted by Gasteiger charge is -2.49. The van der Waals surface area contributed by atoms with Crippen LogP contribution in [0.25, 0.3) is 0 Å². The van der Waals surface area contributed by atoms with Crippen LogP contribution in [0.5, 0.6) is 0 Å². The van der Waals surface area contributed by atoms with Gasteiger partial charge in [0.2, 0.25) is 0 Å². The van der Waals surface area contributed by atoms with E-state index >= 15 is 0 Å². The molecule has 3 aliphatic rings. The zero-order valence-corrected chi connectivity index (χ0v) is 15.8. The molecule has 0 amide bonds. The Hall–Kier alpha value is -1.65. The summed E-state index contributed by atoms with van der Waals surface area (Å²) in [5.74, 6) is 0.141. The van der Waals surface area contributed by atoms with Gasteiger partial charge in [0.1, 0.15) is 16.9 Å². The van der Waals surface area contributed by atoms with Gasteiger partial charge in [0.15, 0.2) is 5.78 Å². The summed E-state index contributed by atoms with van der Waals surface area (Å²) in [4.78, 5) is 14.2. The first kappa shape index (κ1) is 18.2. The van der Waals surface area contributed by atoms with Crippen molar-refractivity contribution in [2.45, 2.75) is 52.0 Å². The Morgan fingerprint density at radius 1 is 1.12 bits per heavy atom. The van der Waals surface area contributed by atoms with Gasteiger partial charge in [-0.3, -0.25) is 9.69 Å². The van der Waals surface area contributed by atoms with Crippen molar-refractivity contribution < 1.29 is 27.3 Å². The highest BCUT2D eigenvalue weighted by Gasteiger charge is 2.53. The number of carbonyl (C=O) groups is 1. The maximum atomic E-state index is 12.8. The predicted octanol–water partition coefficient (Wildman–Crippen LogP) is -0.776. The summed E-state index contributed by atoms with van der Waals surface area (Å²) >= 11 is 0. The molecule has 0 saturated heterocycles. The Morgan fingerprint density at radius 3 is 2.56 bits per heavy atom. The zero-order chi connectivity index (χ0) is 17.1. The van der Waals surface area contributed by atoms with Gasteiger partial charge >= 0.3 is 0 Å². The van der Waals surface area contributed by atoms with Gasteiger partial charge in [0, 0.05) is 24.8 Å². The molecular formula is C20H25ClN2O2. The van der Waals surface area contributed by atoms with Crippen LogP contribution in [-0.2, 0) is 16.8 Å². The van der Waals surface area contributed by atoms with Gasteiger partial charge in [-0.05, 0) is 17.9 Å². The molecule has 2 N–H and O–H groups in total. The number of oxime groups is 1. The Kier molecular flexibility index (Phi) is 4.33. The van der Waals surface area contributed by atoms with E-state index in [1.807, 2.05) is 0 Å². The molecule has 134 valence electrons. The maximum absolute atomic E-state index is 12.8. The van der Waals surface area contributed by atoms with E-state index in [0.717, 1.165) is 25.1 Å². The number of halogens is 1. The van der Waals surface area contributed by atoms with Crippen LogP contribution in [0.3, 0.4) is 0 Å². The molecule has 2 heterocycles. The van der Waals surface area contributed by atoms with Crippen LogP contribution in [-0.4, -0.2) is 23.2 Å². The zero-order valence-electron chi connectivity index (χ0n) is 15.0. The van der Waals surface area contributed by atoms with Crippen LogP contribution in [0.2, 0.25) is 0 Å². The topological polar surface area (TPSA) is 54.1 Å². The fraction of sp³-hybridized carbons (Fsp3) is 0.500. The summed E-state index contributed by atoms with van der Waals surface area (Å²) in [5.41, 5.74) is 4.97. The highest BCUT2D eigenvalue weighted by Crippen LogP contribution is 2.41. The Bertz CT molecular complexity index is 797. The summed E-state index contributed by atoms with van der Waals surface area (Å²) in [6.07, 6.45) is 3.06. The number of fused-ring (bicyclic) bond motifs is 4. The summed E-state index contributed by atoms with van der Waals surface area (Å²) in [5, 5.41) is 13.2. The summed E-state index contributed by atoms with van der Waals surface area (Å²) in [6.45, 7) is 7.57. The number of Topliss-reactive ketones (excluding diaryl/α,β-unsaturated/α-hetero) is 1. The average molecular weight is 361 g/mol. The average Bonchev–Trinajstić information content (AvgIpc) is 2.52. The third kappa shape index (κ3) is 2.63. The van der Waals surface area contributed by atoms with Crippen molar-refractivity contribution in [3.63, 3.8) is 0 Å². The first-order chi connectivity index (χ1) is 11.4. The minimum atomic E-state index is -0.164. The number of benzene rings is 1. The number of carbonyl (C=O) groups excluding carboxylic acids is 1. The molecule has 0 saturated carbocycles. The van der Waals surface area contributed by atoms with Crippen molar-refractivity contribution >= 4 is 11.5 Å². The van der Waals surface area contributed by atoms with Crippen molar-refractivity contribution in [2.24, 2.45) is 10.6 Å². The molecule has 2 unspecified atom stereocenters. The lowest BCUT2D eigenvalue weighted by molar-refractivity contribution is -0.928. The fourth-order valence-corrected chi connectivity index (χ4v) is 5.08. The quantitative estimate of drug-likeness (QED) is 0.471. The molecular weight excluding hydrogens is 336 g/mol. The molecule has 4 nitrogen and oxygen atoms in total. The number of quaternary nitrogens is 1. The molecule has 0 bridgehead atoms. The number of allylic oxidation sites excluding steroid dienone is 2. The highest BCUT2D eigenvalue weighted by atomic mass is 35.5. The van der Waals surface area contributed by atoms with Gasteiger partial charge in [-0.25, -0.2) is 0 Å². The van der Waals surface area contributed by atoms with E-state index in [1.165, 1.54) is 16.0 Å². The van der Waals surface area contributed by atoms with Crippen molar-refractivity contribution in [1.29, 1.82) is 0 Å². The van der Waals surface area contributed by atoms with Gasteiger partial charge in [0.05, 0.1) is 18.5 Å². The lowest BCUT2D eigenvalue weighted by atomic mass is 9.67. The summed E-state index contributed by atoms with van der Waals surface area (Å²) in [7, 11) is 0. The molecule has 4 rings (SSSR count). The van der Waals surface area contributed by atoms with E-state index in [1.54, 1.807) is 0 Å². The van der Waals surface area contributed by atoms with Gasteiger partial charge in [-0.2, -0.15) is 0 Å². The molecule has 2 atom stereocenters. The largest absolute Gasteiger partial charge is 1.00 e. The number of nitrogens with one attached hydrogen (secondary N) is 1. The van der Waals surface area contributed by atoms with Crippen molar-refractivity contribution in [3.8, 4) is 0 Å². The van der Waals surface area contributed by atoms with Gasteiger partial charge in [-0.1, -0.05) is 43.3 Å². The molecule has 0 spiro atoms. The molecule has 0 fully saturated rings. The van der Waals surface area contributed by atoms with Crippen LogP contribution in [0.1, 0.15) is 51.2 Å². The molecule has 25 heavy (non-hydrogen) atoms. The van der Waals surface area contributed by atoms with E-state index in [-0.39, 0.29) is 29.1 Å². The van der Waals surface area contributed by atoms with Crippen LogP contribution in [0.4, 0.5) is 0 Å². The monoisotopic (exact) mass is 360 g/mol. The normalized spacial score (nSPS) is 31.7. The van der Waals surface area contributed by atoms with Crippen LogP contribution in [0, 0.1) is 5.41 Å². The molecule has 1 aromatic rings. The maximum Gasteiger partial charge on any atom is 0.171 e. The number of nitrogens with zero attached hydrogens (tertiary/aromatic N) is 1. The van der Waals surface area contributed by atoms with E-state index < -0.39 is 0 Å². The second kappa shape index (κ2) is 5.96. The van der Waals surface area contributed by atoms with Crippen molar-refractivity contribution in [3.05, 3.63) is 46.7 Å². The van der Waals surface area contributed by atoms with E-state index in [2.05, 4.69) is 50.2 Å². The number of hydrogen-bond acceptors (Lipinski definition) is 3. The first-order valence-corrected chi connectivity index (χ1v) is 8.78. The minimum absolute atomic E-state index is 0. The molecule has 2 aliphatic heterocycles. The molecule has 5 heteroatoms. The predicted molar refractivity (Wildman–Crippen MR) is 92.2 cm³/mol. The Labute approximate surface area is 155 Å². The SMILES string of the molecule is CC1(C)CC(=O)C2=C(C1)[NH+]1CCc3ccccc3C1(C)CC2=NO.[Cl-]. The summed E-state index contributed by atoms with van der Waals surface area (Å²) in [6, 6.07) is 8.58. The van der Waals surface area contributed by atoms with Crippen LogP contribution < -0.4 is 17.3 Å². The Morgan fingerprint density at radius 2 is 1.84 bits per heavy atom.